The van der Waals surface area contributed by atoms with Gasteiger partial charge in [-0.1, -0.05) is 48.5 Å². The van der Waals surface area contributed by atoms with Crippen LogP contribution >= 0.6 is 11.8 Å². The Kier molecular flexibility index (Phi) is 5.36. The normalized spacial score (nSPS) is 19.3. The molecule has 3 nitrogen and oxygen atoms in total. The van der Waals surface area contributed by atoms with Crippen LogP contribution in [0.15, 0.2) is 65.6 Å². The number of hydrogen-bond donors (Lipinski definition) is 1. The van der Waals surface area contributed by atoms with Crippen LogP contribution in [0, 0.1) is 0 Å². The van der Waals surface area contributed by atoms with Crippen molar-refractivity contribution in [3.63, 3.8) is 0 Å². The molecule has 0 aliphatic carbocycles. The summed E-state index contributed by atoms with van der Waals surface area (Å²) in [5.74, 6) is 0.167. The highest BCUT2D eigenvalue weighted by molar-refractivity contribution is 8.00. The summed E-state index contributed by atoms with van der Waals surface area (Å²) in [5.41, 5.74) is 7.10. The first-order chi connectivity index (χ1) is 11.2. The second-order valence-electron chi connectivity index (χ2n) is 5.91. The number of carbonyl (C=O) groups is 1. The third-order valence-corrected chi connectivity index (χ3v) is 5.35. The highest BCUT2D eigenvalue weighted by atomic mass is 32.2. The molecule has 0 radical (unpaired) electrons. The van der Waals surface area contributed by atoms with Crippen LogP contribution in [-0.2, 0) is 4.79 Å². The molecule has 1 saturated heterocycles. The number of hydrogen-bond acceptors (Lipinski definition) is 3. The maximum atomic E-state index is 13.1. The molecule has 1 heterocycles. The second kappa shape index (κ2) is 7.66. The van der Waals surface area contributed by atoms with E-state index in [1.54, 1.807) is 11.8 Å². The molecule has 2 aromatic rings. The molecule has 0 saturated carbocycles. The number of piperidine rings is 1. The van der Waals surface area contributed by atoms with Gasteiger partial charge in [0.1, 0.15) is 5.25 Å². The summed E-state index contributed by atoms with van der Waals surface area (Å²) >= 11 is 1.61. The Morgan fingerprint density at radius 3 is 2.39 bits per heavy atom. The fourth-order valence-electron chi connectivity index (χ4n) is 2.90. The van der Waals surface area contributed by atoms with E-state index in [0.29, 0.717) is 6.54 Å². The lowest BCUT2D eigenvalue weighted by Crippen LogP contribution is -2.47. The second-order valence-corrected chi connectivity index (χ2v) is 7.09. The van der Waals surface area contributed by atoms with Crippen molar-refractivity contribution in [2.45, 2.75) is 29.0 Å². The topological polar surface area (TPSA) is 46.3 Å². The lowest BCUT2D eigenvalue weighted by atomic mass is 10.0. The third kappa shape index (κ3) is 4.15. The van der Waals surface area contributed by atoms with Gasteiger partial charge in [-0.2, -0.15) is 0 Å². The molecular formula is C19H22N2OS. The standard InChI is InChI=1S/C19H22N2OS/c20-16-10-7-13-21(14-16)19(22)18(15-8-3-1-4-9-15)23-17-11-5-2-6-12-17/h1-6,8-9,11-12,16,18H,7,10,13-14,20H2. The molecule has 2 aromatic carbocycles. The van der Waals surface area contributed by atoms with E-state index in [4.69, 9.17) is 5.73 Å². The quantitative estimate of drug-likeness (QED) is 0.875. The largest absolute Gasteiger partial charge is 0.340 e. The van der Waals surface area contributed by atoms with Crippen LogP contribution in [0.5, 0.6) is 0 Å². The average molecular weight is 326 g/mol. The van der Waals surface area contributed by atoms with Gasteiger partial charge in [0.05, 0.1) is 0 Å². The van der Waals surface area contributed by atoms with Crippen LogP contribution in [0.25, 0.3) is 0 Å². The summed E-state index contributed by atoms with van der Waals surface area (Å²) in [6.45, 7) is 1.47. The molecule has 120 valence electrons. The minimum Gasteiger partial charge on any atom is -0.340 e. The van der Waals surface area contributed by atoms with Crippen molar-refractivity contribution in [3.05, 3.63) is 66.2 Å². The summed E-state index contributed by atoms with van der Waals surface area (Å²) in [6.07, 6.45) is 2.00. The first kappa shape index (κ1) is 16.1. The first-order valence-electron chi connectivity index (χ1n) is 8.05. The number of carbonyl (C=O) groups excluding carboxylic acids is 1. The zero-order chi connectivity index (χ0) is 16.1. The van der Waals surface area contributed by atoms with Crippen molar-refractivity contribution in [1.82, 2.24) is 4.90 Å². The van der Waals surface area contributed by atoms with Gasteiger partial charge in [0, 0.05) is 24.0 Å². The molecule has 2 N–H and O–H groups in total. The molecule has 1 aliphatic rings. The molecular weight excluding hydrogens is 304 g/mol. The molecule has 4 heteroatoms. The highest BCUT2D eigenvalue weighted by Gasteiger charge is 2.29. The number of amides is 1. The van der Waals surface area contributed by atoms with Gasteiger partial charge in [0.25, 0.3) is 0 Å². The predicted molar refractivity (Wildman–Crippen MR) is 95.3 cm³/mol. The molecule has 3 rings (SSSR count). The molecule has 1 aliphatic heterocycles. The van der Waals surface area contributed by atoms with E-state index in [0.717, 1.165) is 29.8 Å². The van der Waals surface area contributed by atoms with Crippen LogP contribution in [0.4, 0.5) is 0 Å². The summed E-state index contributed by atoms with van der Waals surface area (Å²) < 4.78 is 0. The number of thioether (sulfide) groups is 1. The van der Waals surface area contributed by atoms with Gasteiger partial charge in [-0.05, 0) is 30.5 Å². The van der Waals surface area contributed by atoms with Gasteiger partial charge in [0.2, 0.25) is 5.91 Å². The van der Waals surface area contributed by atoms with Gasteiger partial charge < -0.3 is 10.6 Å². The Labute approximate surface area is 141 Å². The lowest BCUT2D eigenvalue weighted by molar-refractivity contribution is -0.131. The van der Waals surface area contributed by atoms with E-state index in [2.05, 4.69) is 12.1 Å². The molecule has 0 bridgehead atoms. The van der Waals surface area contributed by atoms with E-state index < -0.39 is 0 Å². The monoisotopic (exact) mass is 326 g/mol. The third-order valence-electron chi connectivity index (χ3n) is 4.09. The van der Waals surface area contributed by atoms with Crippen LogP contribution < -0.4 is 5.73 Å². The smallest absolute Gasteiger partial charge is 0.240 e. The summed E-state index contributed by atoms with van der Waals surface area (Å²) in [6, 6.07) is 20.2. The minimum absolute atomic E-state index is 0.103. The van der Waals surface area contributed by atoms with Crippen molar-refractivity contribution in [2.75, 3.05) is 13.1 Å². The Morgan fingerprint density at radius 1 is 1.09 bits per heavy atom. The Bertz CT molecular complexity index is 632. The SMILES string of the molecule is NC1CCCN(C(=O)C(Sc2ccccc2)c2ccccc2)C1. The number of nitrogens with zero attached hydrogens (tertiary/aromatic N) is 1. The van der Waals surface area contributed by atoms with E-state index >= 15 is 0 Å². The van der Waals surface area contributed by atoms with Gasteiger partial charge in [-0.15, -0.1) is 11.8 Å². The Hall–Kier alpha value is -1.78. The van der Waals surface area contributed by atoms with Crippen molar-refractivity contribution < 1.29 is 4.79 Å². The molecule has 2 unspecified atom stereocenters. The van der Waals surface area contributed by atoms with Crippen LogP contribution in [0.2, 0.25) is 0 Å². The van der Waals surface area contributed by atoms with E-state index in [1.165, 1.54) is 0 Å². The van der Waals surface area contributed by atoms with E-state index in [-0.39, 0.29) is 17.2 Å². The van der Waals surface area contributed by atoms with E-state index in [9.17, 15) is 4.79 Å². The van der Waals surface area contributed by atoms with Crippen molar-refractivity contribution in [2.24, 2.45) is 5.73 Å². The lowest BCUT2D eigenvalue weighted by Gasteiger charge is -2.33. The zero-order valence-electron chi connectivity index (χ0n) is 13.1. The van der Waals surface area contributed by atoms with Gasteiger partial charge in [-0.25, -0.2) is 0 Å². The zero-order valence-corrected chi connectivity index (χ0v) is 13.9. The molecule has 0 aromatic heterocycles. The highest BCUT2D eigenvalue weighted by Crippen LogP contribution is 2.37. The average Bonchev–Trinajstić information content (AvgIpc) is 2.61. The fourth-order valence-corrected chi connectivity index (χ4v) is 4.03. The van der Waals surface area contributed by atoms with Crippen molar-refractivity contribution in [1.29, 1.82) is 0 Å². The molecule has 0 spiro atoms. The maximum Gasteiger partial charge on any atom is 0.240 e. The summed E-state index contributed by atoms with van der Waals surface area (Å²) in [7, 11) is 0. The maximum absolute atomic E-state index is 13.1. The molecule has 1 amide bonds. The van der Waals surface area contributed by atoms with Gasteiger partial charge in [0.15, 0.2) is 0 Å². The van der Waals surface area contributed by atoms with Crippen LogP contribution in [0.1, 0.15) is 23.7 Å². The number of nitrogens with two attached hydrogens (primary N) is 1. The molecule has 23 heavy (non-hydrogen) atoms. The molecule has 1 fully saturated rings. The fraction of sp³-hybridized carbons (Fsp3) is 0.316. The Balaban J connectivity index is 1.84. The predicted octanol–water partition coefficient (Wildman–Crippen LogP) is 3.47. The summed E-state index contributed by atoms with van der Waals surface area (Å²) in [4.78, 5) is 16.1. The summed E-state index contributed by atoms with van der Waals surface area (Å²) in [5, 5.41) is -0.219. The van der Waals surface area contributed by atoms with Crippen LogP contribution in [0.3, 0.4) is 0 Å². The van der Waals surface area contributed by atoms with Gasteiger partial charge in [-0.3, -0.25) is 4.79 Å². The van der Waals surface area contributed by atoms with Crippen molar-refractivity contribution >= 4 is 17.7 Å². The van der Waals surface area contributed by atoms with Crippen molar-refractivity contribution in [3.8, 4) is 0 Å². The van der Waals surface area contributed by atoms with Gasteiger partial charge >= 0.3 is 0 Å². The molecule has 2 atom stereocenters. The van der Waals surface area contributed by atoms with E-state index in [1.807, 2.05) is 53.4 Å². The number of benzene rings is 2. The minimum atomic E-state index is -0.219. The number of likely N-dealkylation sites (tertiary alicyclic amines) is 1. The first-order valence-corrected chi connectivity index (χ1v) is 8.93. The Morgan fingerprint density at radius 2 is 1.74 bits per heavy atom. The van der Waals surface area contributed by atoms with Crippen LogP contribution in [-0.4, -0.2) is 29.9 Å². The number of rotatable bonds is 4.